The highest BCUT2D eigenvalue weighted by Crippen LogP contribution is 2.19. The van der Waals surface area contributed by atoms with Crippen molar-refractivity contribution >= 4 is 17.9 Å². The molecule has 0 rings (SSSR count). The molecular formula is C89H158NO8+. The lowest BCUT2D eigenvalue weighted by atomic mass is 10.0. The summed E-state index contributed by atoms with van der Waals surface area (Å²) in [5.74, 6) is -2.02. The van der Waals surface area contributed by atoms with Gasteiger partial charge in [-0.2, -0.15) is 0 Å². The first-order valence-electron chi connectivity index (χ1n) is 41.6. The molecule has 0 aliphatic heterocycles. The first kappa shape index (κ1) is 93.9. The normalized spacial score (nSPS) is 13.2. The summed E-state index contributed by atoms with van der Waals surface area (Å²) in [4.78, 5) is 37.7. The molecule has 0 amide bonds. The lowest BCUT2D eigenvalue weighted by Gasteiger charge is -2.25. The fourth-order valence-electron chi connectivity index (χ4n) is 12.0. The molecule has 0 aliphatic carbocycles. The Hall–Kier alpha value is -4.05. The first-order valence-corrected chi connectivity index (χ1v) is 41.6. The van der Waals surface area contributed by atoms with Crippen LogP contribution < -0.4 is 0 Å². The standard InChI is InChI=1S/C89H157NO8/c1-6-8-10-12-14-16-18-20-22-24-26-28-30-32-34-36-38-40-41-42-43-44-45-46-48-49-51-53-55-57-59-61-63-65-67-69-71-73-75-77-79-86(91)96-83-85(84-97-89(88(93)94)95-82-81-90(3,4)5)98-87(92)80-78-76-74-72-70-68-66-64-62-60-58-56-54-52-50-47-39-37-35-33-31-29-27-25-23-21-19-17-15-13-11-9-7-2/h9,11,15,17,21,23,27,29,33,35,39,47,52,54,58,60,64,66,85,89H,6-8,10,12-14,16,18-20,22,24-26,28,30-32,34,36-38,40-46,48-51,53,55-57,59,61-63,65,67-84H2,1-5H3/p+1/b11-9-,17-15-,23-21-,29-27-,35-33-,47-39-,54-52-,60-58-,66-64-. The van der Waals surface area contributed by atoms with Crippen LogP contribution in [0.4, 0.5) is 0 Å². The predicted octanol–water partition coefficient (Wildman–Crippen LogP) is 26.9. The topological polar surface area (TPSA) is 108 Å². The maximum Gasteiger partial charge on any atom is 0.361 e. The van der Waals surface area contributed by atoms with Crippen LogP contribution in [0.5, 0.6) is 0 Å². The summed E-state index contributed by atoms with van der Waals surface area (Å²) < 4.78 is 23.0. The maximum absolute atomic E-state index is 13.0. The van der Waals surface area contributed by atoms with E-state index in [-0.39, 0.29) is 32.2 Å². The van der Waals surface area contributed by atoms with E-state index >= 15 is 0 Å². The molecule has 566 valence electrons. The predicted molar refractivity (Wildman–Crippen MR) is 424 cm³/mol. The van der Waals surface area contributed by atoms with E-state index in [1.165, 1.54) is 238 Å². The Morgan fingerprint density at radius 1 is 0.316 bits per heavy atom. The molecule has 2 atom stereocenters. The SMILES string of the molecule is CC/C=C\C/C=C\C/C=C\C/C=C\C/C=C\C/C=C\C/C=C\C/C=C\C/C=C\CCCCCCCC(=O)OC(COC(=O)CCCCCCCCCCCCCCCCCCCCCCCCCCCCCCCCCCCCCCCCCC)COC(OCC[N+](C)(C)C)C(=O)O. The van der Waals surface area contributed by atoms with Gasteiger partial charge in [-0.15, -0.1) is 0 Å². The van der Waals surface area contributed by atoms with Crippen LogP contribution in [0.15, 0.2) is 109 Å². The summed E-state index contributed by atoms with van der Waals surface area (Å²) in [5, 5.41) is 9.77. The average molecular weight is 1370 g/mol. The van der Waals surface area contributed by atoms with Gasteiger partial charge in [0.2, 0.25) is 0 Å². The largest absolute Gasteiger partial charge is 0.477 e. The molecule has 0 aromatic heterocycles. The molecule has 0 aromatic rings. The minimum atomic E-state index is -1.52. The summed E-state index contributed by atoms with van der Waals surface area (Å²) in [7, 11) is 5.98. The molecule has 98 heavy (non-hydrogen) atoms. The Balaban J connectivity index is 4.03. The molecule has 0 saturated carbocycles. The van der Waals surface area contributed by atoms with Gasteiger partial charge in [0.1, 0.15) is 13.2 Å². The monoisotopic (exact) mass is 1370 g/mol. The van der Waals surface area contributed by atoms with Gasteiger partial charge < -0.3 is 28.5 Å². The van der Waals surface area contributed by atoms with Crippen molar-refractivity contribution in [3.05, 3.63) is 109 Å². The number of carboxylic acid groups (broad SMARTS) is 1. The van der Waals surface area contributed by atoms with Gasteiger partial charge in [-0.3, -0.25) is 9.59 Å². The van der Waals surface area contributed by atoms with Crippen molar-refractivity contribution in [2.24, 2.45) is 0 Å². The van der Waals surface area contributed by atoms with E-state index in [0.29, 0.717) is 23.9 Å². The van der Waals surface area contributed by atoms with E-state index in [9.17, 15) is 19.5 Å². The highest BCUT2D eigenvalue weighted by molar-refractivity contribution is 5.71. The summed E-state index contributed by atoms with van der Waals surface area (Å²) in [6.07, 6.45) is 108. The second-order valence-electron chi connectivity index (χ2n) is 29.1. The van der Waals surface area contributed by atoms with Crippen LogP contribution in [0.1, 0.15) is 380 Å². The quantitative estimate of drug-likeness (QED) is 0.0211. The molecule has 0 saturated heterocycles. The highest BCUT2D eigenvalue weighted by Gasteiger charge is 2.25. The molecule has 0 fully saturated rings. The van der Waals surface area contributed by atoms with Crippen LogP contribution in [-0.2, 0) is 33.3 Å². The molecule has 0 radical (unpaired) electrons. The number of carboxylic acids is 1. The van der Waals surface area contributed by atoms with Gasteiger partial charge in [-0.1, -0.05) is 393 Å². The molecule has 0 heterocycles. The van der Waals surface area contributed by atoms with Crippen molar-refractivity contribution in [1.29, 1.82) is 0 Å². The highest BCUT2D eigenvalue weighted by atomic mass is 16.7. The zero-order valence-electron chi connectivity index (χ0n) is 64.9. The molecule has 9 heteroatoms. The number of carbonyl (C=O) groups excluding carboxylic acids is 2. The Morgan fingerprint density at radius 2 is 0.582 bits per heavy atom. The van der Waals surface area contributed by atoms with E-state index < -0.39 is 24.3 Å². The number of rotatable bonds is 77. The number of nitrogens with zero attached hydrogens (tertiary/aromatic N) is 1. The third kappa shape index (κ3) is 79.3. The van der Waals surface area contributed by atoms with Crippen LogP contribution >= 0.6 is 0 Å². The van der Waals surface area contributed by atoms with Crippen molar-refractivity contribution in [3.8, 4) is 0 Å². The van der Waals surface area contributed by atoms with Crippen LogP contribution in [0.25, 0.3) is 0 Å². The molecule has 0 spiro atoms. The van der Waals surface area contributed by atoms with Crippen molar-refractivity contribution in [2.45, 2.75) is 392 Å². The number of allylic oxidation sites excluding steroid dienone is 18. The second-order valence-corrected chi connectivity index (χ2v) is 29.1. The lowest BCUT2D eigenvalue weighted by Crippen LogP contribution is -2.40. The fraction of sp³-hybridized carbons (Fsp3) is 0.764. The van der Waals surface area contributed by atoms with Crippen molar-refractivity contribution < 1.29 is 42.9 Å². The number of esters is 2. The van der Waals surface area contributed by atoms with E-state index in [2.05, 4.69) is 123 Å². The molecule has 0 aliphatic rings. The van der Waals surface area contributed by atoms with Crippen molar-refractivity contribution in [3.63, 3.8) is 0 Å². The van der Waals surface area contributed by atoms with Gasteiger partial charge in [0.25, 0.3) is 6.29 Å². The number of quaternary nitrogens is 1. The molecule has 1 N–H and O–H groups in total. The van der Waals surface area contributed by atoms with E-state index in [1.807, 2.05) is 21.1 Å². The van der Waals surface area contributed by atoms with E-state index in [0.717, 1.165) is 109 Å². The molecular weight excluding hydrogens is 1210 g/mol. The van der Waals surface area contributed by atoms with Gasteiger partial charge in [0.05, 0.1) is 34.4 Å². The Kier molecular flexibility index (Phi) is 75.4. The number of likely N-dealkylation sites (N-methyl/N-ethyl adjacent to an activating group) is 1. The van der Waals surface area contributed by atoms with Gasteiger partial charge >= 0.3 is 17.9 Å². The second kappa shape index (κ2) is 78.7. The number of carbonyl (C=O) groups is 3. The minimum absolute atomic E-state index is 0.180. The lowest BCUT2D eigenvalue weighted by molar-refractivity contribution is -0.870. The Labute approximate surface area is 606 Å². The van der Waals surface area contributed by atoms with E-state index in [1.54, 1.807) is 0 Å². The van der Waals surface area contributed by atoms with Crippen LogP contribution in [0.3, 0.4) is 0 Å². The van der Waals surface area contributed by atoms with Crippen molar-refractivity contribution in [2.75, 3.05) is 47.5 Å². The van der Waals surface area contributed by atoms with Gasteiger partial charge in [-0.05, 0) is 83.5 Å². The first-order chi connectivity index (χ1) is 48.1. The number of hydrogen-bond donors (Lipinski definition) is 1. The average Bonchev–Trinajstić information content (AvgIpc) is 1.14. The molecule has 0 bridgehead atoms. The summed E-state index contributed by atoms with van der Waals surface area (Å²) >= 11 is 0. The van der Waals surface area contributed by atoms with Crippen molar-refractivity contribution in [1.82, 2.24) is 0 Å². The maximum atomic E-state index is 13.0. The van der Waals surface area contributed by atoms with E-state index in [4.69, 9.17) is 18.9 Å². The third-order valence-corrected chi connectivity index (χ3v) is 18.3. The summed E-state index contributed by atoms with van der Waals surface area (Å²) in [5.41, 5.74) is 0. The Morgan fingerprint density at radius 3 is 0.867 bits per heavy atom. The molecule has 0 aromatic carbocycles. The van der Waals surface area contributed by atoms with Gasteiger partial charge in [0.15, 0.2) is 6.10 Å². The third-order valence-electron chi connectivity index (χ3n) is 18.3. The minimum Gasteiger partial charge on any atom is -0.477 e. The number of aliphatic carboxylic acids is 1. The zero-order chi connectivity index (χ0) is 71.1. The molecule has 2 unspecified atom stereocenters. The Bertz CT molecular complexity index is 1990. The van der Waals surface area contributed by atoms with Gasteiger partial charge in [-0.25, -0.2) is 4.79 Å². The number of unbranched alkanes of at least 4 members (excludes halogenated alkanes) is 44. The summed E-state index contributed by atoms with van der Waals surface area (Å²) in [6.45, 7) is 4.78. The number of ether oxygens (including phenoxy) is 4. The zero-order valence-corrected chi connectivity index (χ0v) is 64.9. The number of hydrogen-bond acceptors (Lipinski definition) is 7. The summed E-state index contributed by atoms with van der Waals surface area (Å²) in [6, 6.07) is 0. The van der Waals surface area contributed by atoms with Crippen LogP contribution in [-0.4, -0.2) is 87.4 Å². The van der Waals surface area contributed by atoms with Gasteiger partial charge in [0, 0.05) is 12.8 Å². The fourth-order valence-corrected chi connectivity index (χ4v) is 12.0. The van der Waals surface area contributed by atoms with Crippen LogP contribution in [0.2, 0.25) is 0 Å². The smallest absolute Gasteiger partial charge is 0.361 e. The van der Waals surface area contributed by atoms with Crippen LogP contribution in [0, 0.1) is 0 Å². The molecule has 9 nitrogen and oxygen atoms in total.